The average Bonchev–Trinajstić information content (AvgIpc) is 2.47. The Morgan fingerprint density at radius 2 is 2.00 bits per heavy atom. The highest BCUT2D eigenvalue weighted by molar-refractivity contribution is 6.32. The summed E-state index contributed by atoms with van der Waals surface area (Å²) in [6.07, 6.45) is 0.148. The van der Waals surface area contributed by atoms with Crippen LogP contribution in [-0.4, -0.2) is 28.4 Å². The van der Waals surface area contributed by atoms with Gasteiger partial charge in [0, 0.05) is 0 Å². The van der Waals surface area contributed by atoms with Gasteiger partial charge in [0.15, 0.2) is 11.5 Å². The second kappa shape index (κ2) is 6.58. The minimum atomic E-state index is -1.02. The lowest BCUT2D eigenvalue weighted by atomic mass is 9.92. The number of ether oxygens (including phenoxy) is 1. The highest BCUT2D eigenvalue weighted by Gasteiger charge is 2.22. The minimum Gasteiger partial charge on any atom is -0.508 e. The summed E-state index contributed by atoms with van der Waals surface area (Å²) >= 11 is 5.91. The Hall–Kier alpha value is -2.40. The zero-order valence-electron chi connectivity index (χ0n) is 11.8. The number of benzene rings is 2. The van der Waals surface area contributed by atoms with E-state index in [-0.39, 0.29) is 28.7 Å². The van der Waals surface area contributed by atoms with E-state index >= 15 is 0 Å². The molecule has 2 aromatic rings. The highest BCUT2D eigenvalue weighted by atomic mass is 35.5. The molecule has 0 amide bonds. The zero-order chi connectivity index (χ0) is 16.3. The number of methoxy groups -OCH3 is 1. The largest absolute Gasteiger partial charge is 0.508 e. The summed E-state index contributed by atoms with van der Waals surface area (Å²) in [6.45, 7) is 0. The molecule has 1 unspecified atom stereocenters. The fourth-order valence-corrected chi connectivity index (χ4v) is 2.46. The van der Waals surface area contributed by atoms with Crippen LogP contribution in [0.1, 0.15) is 17.0 Å². The predicted octanol–water partition coefficient (Wildman–Crippen LogP) is 3.17. The van der Waals surface area contributed by atoms with Gasteiger partial charge in [0.1, 0.15) is 5.75 Å². The molecule has 1 atom stereocenters. The van der Waals surface area contributed by atoms with Crippen molar-refractivity contribution in [3.05, 3.63) is 52.5 Å². The van der Waals surface area contributed by atoms with Crippen LogP contribution in [0.25, 0.3) is 0 Å². The van der Waals surface area contributed by atoms with Crippen molar-refractivity contribution in [3.8, 4) is 17.2 Å². The Morgan fingerprint density at radius 3 is 2.59 bits per heavy atom. The second-order valence-electron chi connectivity index (χ2n) is 4.82. The lowest BCUT2D eigenvalue weighted by Crippen LogP contribution is -2.14. The van der Waals surface area contributed by atoms with Gasteiger partial charge in [-0.2, -0.15) is 0 Å². The Balaban J connectivity index is 2.37. The molecule has 0 heterocycles. The highest BCUT2D eigenvalue weighted by Crippen LogP contribution is 2.36. The number of phenolic OH excluding ortho intramolecular Hbond substituents is 2. The van der Waals surface area contributed by atoms with Gasteiger partial charge in [-0.05, 0) is 41.8 Å². The summed E-state index contributed by atoms with van der Waals surface area (Å²) in [5.74, 6) is -1.86. The maximum absolute atomic E-state index is 11.5. The number of aliphatic carboxylic acids is 1. The van der Waals surface area contributed by atoms with E-state index in [1.807, 2.05) is 0 Å². The number of carbonyl (C=O) groups is 1. The van der Waals surface area contributed by atoms with Crippen LogP contribution in [0.3, 0.4) is 0 Å². The van der Waals surface area contributed by atoms with Crippen LogP contribution in [0.2, 0.25) is 5.02 Å². The number of rotatable bonds is 5. The first-order valence-corrected chi connectivity index (χ1v) is 6.87. The van der Waals surface area contributed by atoms with E-state index < -0.39 is 11.9 Å². The second-order valence-corrected chi connectivity index (χ2v) is 5.23. The SMILES string of the molecule is COc1cc(CC(C(=O)O)c2cccc(O)c2)cc(Cl)c1O. The molecular formula is C16H15ClO5. The van der Waals surface area contributed by atoms with Gasteiger partial charge in [-0.15, -0.1) is 0 Å². The fourth-order valence-electron chi connectivity index (χ4n) is 2.23. The van der Waals surface area contributed by atoms with Crippen LogP contribution < -0.4 is 4.74 Å². The molecule has 0 aliphatic heterocycles. The Kier molecular flexibility index (Phi) is 4.78. The van der Waals surface area contributed by atoms with Crippen LogP contribution in [0.5, 0.6) is 17.2 Å². The molecule has 6 heteroatoms. The molecule has 0 saturated carbocycles. The van der Waals surface area contributed by atoms with Crippen molar-refractivity contribution in [3.63, 3.8) is 0 Å². The van der Waals surface area contributed by atoms with Gasteiger partial charge < -0.3 is 20.1 Å². The molecule has 22 heavy (non-hydrogen) atoms. The van der Waals surface area contributed by atoms with Crippen molar-refractivity contribution >= 4 is 17.6 Å². The van der Waals surface area contributed by atoms with E-state index in [0.717, 1.165) is 0 Å². The Labute approximate surface area is 132 Å². The molecule has 0 aromatic heterocycles. The van der Waals surface area contributed by atoms with E-state index in [9.17, 15) is 20.1 Å². The summed E-state index contributed by atoms with van der Waals surface area (Å²) in [5, 5.41) is 28.7. The van der Waals surface area contributed by atoms with Gasteiger partial charge in [-0.1, -0.05) is 23.7 Å². The third-order valence-corrected chi connectivity index (χ3v) is 3.61. The summed E-state index contributed by atoms with van der Waals surface area (Å²) in [7, 11) is 1.39. The van der Waals surface area contributed by atoms with Gasteiger partial charge in [0.25, 0.3) is 0 Å². The summed E-state index contributed by atoms with van der Waals surface area (Å²) < 4.78 is 5.01. The van der Waals surface area contributed by atoms with Gasteiger partial charge in [0.2, 0.25) is 0 Å². The normalized spacial score (nSPS) is 11.9. The van der Waals surface area contributed by atoms with Gasteiger partial charge >= 0.3 is 5.97 Å². The maximum atomic E-state index is 11.5. The van der Waals surface area contributed by atoms with Crippen LogP contribution in [0.4, 0.5) is 0 Å². The molecule has 0 aliphatic carbocycles. The Bertz CT molecular complexity index is 699. The molecule has 0 radical (unpaired) electrons. The van der Waals surface area contributed by atoms with E-state index in [1.54, 1.807) is 18.2 Å². The standard InChI is InChI=1S/C16H15ClO5/c1-22-14-7-9(6-13(17)15(14)19)5-12(16(20)21)10-3-2-4-11(18)8-10/h2-4,6-8,12,18-19H,5H2,1H3,(H,20,21). The third kappa shape index (κ3) is 3.43. The number of aromatic hydroxyl groups is 2. The van der Waals surface area contributed by atoms with Crippen molar-refractivity contribution < 1.29 is 24.9 Å². The molecule has 0 spiro atoms. The zero-order valence-corrected chi connectivity index (χ0v) is 12.5. The lowest BCUT2D eigenvalue weighted by molar-refractivity contribution is -0.138. The van der Waals surface area contributed by atoms with Crippen molar-refractivity contribution in [2.24, 2.45) is 0 Å². The van der Waals surface area contributed by atoms with E-state index in [1.165, 1.54) is 25.3 Å². The van der Waals surface area contributed by atoms with Crippen LogP contribution in [-0.2, 0) is 11.2 Å². The number of carboxylic acids is 1. The van der Waals surface area contributed by atoms with Crippen LogP contribution in [0, 0.1) is 0 Å². The predicted molar refractivity (Wildman–Crippen MR) is 81.9 cm³/mol. The molecule has 0 fully saturated rings. The number of hydrogen-bond acceptors (Lipinski definition) is 4. The third-order valence-electron chi connectivity index (χ3n) is 3.32. The molecule has 3 N–H and O–H groups in total. The molecule has 0 saturated heterocycles. The molecule has 2 aromatic carbocycles. The van der Waals surface area contributed by atoms with Crippen LogP contribution in [0.15, 0.2) is 36.4 Å². The topological polar surface area (TPSA) is 87.0 Å². The molecule has 0 bridgehead atoms. The summed E-state index contributed by atoms with van der Waals surface area (Å²) in [5.41, 5.74) is 1.09. The van der Waals surface area contributed by atoms with Gasteiger partial charge in [-0.3, -0.25) is 4.79 Å². The molecule has 116 valence electrons. The summed E-state index contributed by atoms with van der Waals surface area (Å²) in [6, 6.07) is 9.15. The van der Waals surface area contributed by atoms with Gasteiger partial charge in [-0.25, -0.2) is 0 Å². The minimum absolute atomic E-state index is 0.00469. The number of phenols is 2. The number of halogens is 1. The number of carboxylic acid groups (broad SMARTS) is 1. The van der Waals surface area contributed by atoms with E-state index in [0.29, 0.717) is 11.1 Å². The van der Waals surface area contributed by atoms with Gasteiger partial charge in [0.05, 0.1) is 18.1 Å². The smallest absolute Gasteiger partial charge is 0.311 e. The van der Waals surface area contributed by atoms with Crippen molar-refractivity contribution in [2.75, 3.05) is 7.11 Å². The van der Waals surface area contributed by atoms with Crippen LogP contribution >= 0.6 is 11.6 Å². The first-order chi connectivity index (χ1) is 10.4. The van der Waals surface area contributed by atoms with Crippen molar-refractivity contribution in [1.82, 2.24) is 0 Å². The molecule has 2 rings (SSSR count). The monoisotopic (exact) mass is 322 g/mol. The first kappa shape index (κ1) is 16.0. The first-order valence-electron chi connectivity index (χ1n) is 6.49. The lowest BCUT2D eigenvalue weighted by Gasteiger charge is -2.15. The summed E-state index contributed by atoms with van der Waals surface area (Å²) in [4.78, 5) is 11.5. The number of hydrogen-bond donors (Lipinski definition) is 3. The molecule has 5 nitrogen and oxygen atoms in total. The molecular weight excluding hydrogens is 308 g/mol. The van der Waals surface area contributed by atoms with E-state index in [2.05, 4.69) is 0 Å². The average molecular weight is 323 g/mol. The Morgan fingerprint density at radius 1 is 1.27 bits per heavy atom. The van der Waals surface area contributed by atoms with Crippen molar-refractivity contribution in [1.29, 1.82) is 0 Å². The maximum Gasteiger partial charge on any atom is 0.311 e. The van der Waals surface area contributed by atoms with E-state index in [4.69, 9.17) is 16.3 Å². The fraction of sp³-hybridized carbons (Fsp3) is 0.188. The van der Waals surface area contributed by atoms with Crippen molar-refractivity contribution in [2.45, 2.75) is 12.3 Å². The quantitative estimate of drug-likeness (QED) is 0.787. The molecule has 0 aliphatic rings.